The van der Waals surface area contributed by atoms with Crippen molar-refractivity contribution in [1.82, 2.24) is 0 Å². The topological polar surface area (TPSA) is 140 Å². The van der Waals surface area contributed by atoms with E-state index in [9.17, 15) is 25.5 Å². The minimum atomic E-state index is -1.47. The Labute approximate surface area is 139 Å². The van der Waals surface area contributed by atoms with Crippen LogP contribution in [0.3, 0.4) is 0 Å². The maximum Gasteiger partial charge on any atom is 0.186 e. The predicted octanol–water partition coefficient (Wildman–Crippen LogP) is -0.765. The predicted molar refractivity (Wildman–Crippen MR) is 82.4 cm³/mol. The Balaban J connectivity index is 1.88. The van der Waals surface area contributed by atoms with Crippen LogP contribution in [0.5, 0.6) is 11.5 Å². The largest absolute Gasteiger partial charge is 0.504 e. The van der Waals surface area contributed by atoms with Gasteiger partial charge in [0.25, 0.3) is 0 Å². The molecule has 0 amide bonds. The summed E-state index contributed by atoms with van der Waals surface area (Å²) in [6.45, 7) is 1.24. The fraction of sp³-hybridized carbons (Fsp3) is 0.625. The molecule has 0 aliphatic carbocycles. The van der Waals surface area contributed by atoms with Gasteiger partial charge in [-0.05, 0) is 37.5 Å². The highest BCUT2D eigenvalue weighted by Crippen LogP contribution is 2.27. The molecule has 0 radical (unpaired) electrons. The van der Waals surface area contributed by atoms with Crippen LogP contribution in [0.25, 0.3) is 0 Å². The summed E-state index contributed by atoms with van der Waals surface area (Å²) >= 11 is 0. The third-order valence-corrected chi connectivity index (χ3v) is 4.09. The van der Waals surface area contributed by atoms with E-state index in [2.05, 4.69) is 0 Å². The van der Waals surface area contributed by atoms with Crippen LogP contribution >= 0.6 is 0 Å². The number of aryl methyl sites for hydroxylation is 1. The second-order valence-electron chi connectivity index (χ2n) is 6.01. The zero-order valence-electron chi connectivity index (χ0n) is 13.3. The first-order valence-corrected chi connectivity index (χ1v) is 7.80. The molecule has 0 spiro atoms. The minimum absolute atomic E-state index is 0.190. The smallest absolute Gasteiger partial charge is 0.186 e. The van der Waals surface area contributed by atoms with Gasteiger partial charge < -0.3 is 40.1 Å². The molecule has 6 atom stereocenters. The summed E-state index contributed by atoms with van der Waals surface area (Å²) in [6.07, 6.45) is -5.77. The number of aromatic hydroxyl groups is 2. The maximum absolute atomic E-state index is 9.92. The van der Waals surface area contributed by atoms with Gasteiger partial charge in [0.1, 0.15) is 24.4 Å². The van der Waals surface area contributed by atoms with Gasteiger partial charge in [-0.3, -0.25) is 0 Å². The molecule has 1 saturated heterocycles. The van der Waals surface area contributed by atoms with E-state index in [1.54, 1.807) is 13.0 Å². The summed E-state index contributed by atoms with van der Waals surface area (Å²) in [6, 6.07) is 4.53. The summed E-state index contributed by atoms with van der Waals surface area (Å²) in [5, 5.41) is 57.2. The number of ether oxygens (including phenoxy) is 2. The zero-order valence-corrected chi connectivity index (χ0v) is 13.3. The highest BCUT2D eigenvalue weighted by atomic mass is 16.7. The van der Waals surface area contributed by atoms with E-state index in [-0.39, 0.29) is 17.6 Å². The first-order chi connectivity index (χ1) is 11.3. The number of rotatable bonds is 6. The van der Waals surface area contributed by atoms with Gasteiger partial charge in [-0.25, -0.2) is 0 Å². The summed E-state index contributed by atoms with van der Waals surface area (Å²) in [4.78, 5) is 0. The number of hydrogen-bond acceptors (Lipinski definition) is 8. The summed E-state index contributed by atoms with van der Waals surface area (Å²) in [5.74, 6) is -0.389. The molecule has 8 nitrogen and oxygen atoms in total. The lowest BCUT2D eigenvalue weighted by Gasteiger charge is -2.40. The van der Waals surface area contributed by atoms with Crippen LogP contribution in [0.2, 0.25) is 0 Å². The van der Waals surface area contributed by atoms with Crippen LogP contribution in [0.4, 0.5) is 0 Å². The molecule has 1 heterocycles. The third-order valence-electron chi connectivity index (χ3n) is 4.09. The lowest BCUT2D eigenvalue weighted by molar-refractivity contribution is -0.310. The van der Waals surface area contributed by atoms with Crippen molar-refractivity contribution in [3.8, 4) is 11.5 Å². The normalized spacial score (nSPS) is 31.8. The highest BCUT2D eigenvalue weighted by molar-refractivity contribution is 5.40. The molecule has 8 heteroatoms. The first kappa shape index (κ1) is 18.9. The SMILES string of the molecule is C[C@H](CCc1ccc(O)c(O)c1)O[C@@H]1O[C@H](CO)[C@@H](O)[C@H](O)[C@H]1O. The van der Waals surface area contributed by atoms with E-state index in [1.165, 1.54) is 12.1 Å². The number of aliphatic hydroxyl groups is 4. The quantitative estimate of drug-likeness (QED) is 0.370. The highest BCUT2D eigenvalue weighted by Gasteiger charge is 2.44. The fourth-order valence-corrected chi connectivity index (χ4v) is 2.57. The zero-order chi connectivity index (χ0) is 17.9. The van der Waals surface area contributed by atoms with Gasteiger partial charge in [-0.15, -0.1) is 0 Å². The molecule has 0 aromatic heterocycles. The van der Waals surface area contributed by atoms with Crippen LogP contribution in [-0.2, 0) is 15.9 Å². The van der Waals surface area contributed by atoms with Crippen molar-refractivity contribution in [1.29, 1.82) is 0 Å². The Kier molecular flexibility index (Phi) is 6.39. The molecule has 0 saturated carbocycles. The molecule has 1 aliphatic heterocycles. The molecule has 1 aromatic rings. The summed E-state index contributed by atoms with van der Waals surface area (Å²) < 4.78 is 10.8. The van der Waals surface area contributed by atoms with E-state index in [0.717, 1.165) is 5.56 Å². The van der Waals surface area contributed by atoms with Crippen LogP contribution in [-0.4, -0.2) is 74.1 Å². The molecule has 6 N–H and O–H groups in total. The van der Waals surface area contributed by atoms with Gasteiger partial charge >= 0.3 is 0 Å². The number of aliphatic hydroxyl groups excluding tert-OH is 4. The molecule has 24 heavy (non-hydrogen) atoms. The number of phenolic OH excluding ortho intramolecular Hbond substituents is 2. The molecule has 2 rings (SSSR count). The van der Waals surface area contributed by atoms with Gasteiger partial charge in [0, 0.05) is 0 Å². The molecule has 1 fully saturated rings. The van der Waals surface area contributed by atoms with Crippen molar-refractivity contribution in [2.45, 2.75) is 56.6 Å². The standard InChI is InChI=1S/C16H24O8/c1-8(2-3-9-4-5-10(18)11(19)6-9)23-16-15(22)14(21)13(20)12(7-17)24-16/h4-6,8,12-22H,2-3,7H2,1H3/t8-,12-,13-,14+,15-,16-/m1/s1. The number of benzene rings is 1. The summed E-state index contributed by atoms with van der Waals surface area (Å²) in [5.41, 5.74) is 0.801. The molecule has 1 aromatic carbocycles. The maximum atomic E-state index is 9.92. The molecular weight excluding hydrogens is 320 g/mol. The Morgan fingerprint density at radius 1 is 1.08 bits per heavy atom. The van der Waals surface area contributed by atoms with Gasteiger partial charge in [0.2, 0.25) is 0 Å². The monoisotopic (exact) mass is 344 g/mol. The lowest BCUT2D eigenvalue weighted by atomic mass is 9.99. The van der Waals surface area contributed by atoms with Crippen molar-refractivity contribution in [2.75, 3.05) is 6.61 Å². The van der Waals surface area contributed by atoms with Crippen LogP contribution < -0.4 is 0 Å². The molecular formula is C16H24O8. The first-order valence-electron chi connectivity index (χ1n) is 7.80. The fourth-order valence-electron chi connectivity index (χ4n) is 2.57. The van der Waals surface area contributed by atoms with Crippen LogP contribution in [0.1, 0.15) is 18.9 Å². The van der Waals surface area contributed by atoms with E-state index in [0.29, 0.717) is 12.8 Å². The molecule has 1 aliphatic rings. The second-order valence-corrected chi connectivity index (χ2v) is 6.01. The lowest BCUT2D eigenvalue weighted by Crippen LogP contribution is -2.59. The van der Waals surface area contributed by atoms with Gasteiger partial charge in [-0.1, -0.05) is 6.07 Å². The van der Waals surface area contributed by atoms with Crippen LogP contribution in [0, 0.1) is 0 Å². The minimum Gasteiger partial charge on any atom is -0.504 e. The van der Waals surface area contributed by atoms with Crippen molar-refractivity contribution < 1.29 is 40.1 Å². The van der Waals surface area contributed by atoms with E-state index in [4.69, 9.17) is 14.6 Å². The Bertz CT molecular complexity index is 535. The van der Waals surface area contributed by atoms with Crippen molar-refractivity contribution in [3.63, 3.8) is 0 Å². The average Bonchev–Trinajstić information content (AvgIpc) is 2.56. The number of phenols is 2. The van der Waals surface area contributed by atoms with Crippen molar-refractivity contribution >= 4 is 0 Å². The van der Waals surface area contributed by atoms with Crippen molar-refractivity contribution in [3.05, 3.63) is 23.8 Å². The average molecular weight is 344 g/mol. The van der Waals surface area contributed by atoms with E-state index < -0.39 is 37.3 Å². The molecule has 0 bridgehead atoms. The Hall–Kier alpha value is -1.42. The van der Waals surface area contributed by atoms with Gasteiger partial charge in [0.05, 0.1) is 12.7 Å². The molecule has 136 valence electrons. The van der Waals surface area contributed by atoms with E-state index >= 15 is 0 Å². The number of hydrogen-bond donors (Lipinski definition) is 6. The van der Waals surface area contributed by atoms with E-state index in [1.807, 2.05) is 0 Å². The van der Waals surface area contributed by atoms with Crippen molar-refractivity contribution in [2.24, 2.45) is 0 Å². The second kappa shape index (κ2) is 8.11. The van der Waals surface area contributed by atoms with Crippen LogP contribution in [0.15, 0.2) is 18.2 Å². The third kappa shape index (κ3) is 4.35. The molecule has 0 unspecified atom stereocenters. The van der Waals surface area contributed by atoms with Gasteiger partial charge in [0.15, 0.2) is 17.8 Å². The summed E-state index contributed by atoms with van der Waals surface area (Å²) in [7, 11) is 0. The van der Waals surface area contributed by atoms with Gasteiger partial charge in [-0.2, -0.15) is 0 Å². The Morgan fingerprint density at radius 2 is 1.79 bits per heavy atom. The Morgan fingerprint density at radius 3 is 2.42 bits per heavy atom.